The number of rotatable bonds is 6. The molecule has 0 aliphatic carbocycles. The van der Waals surface area contributed by atoms with E-state index in [4.69, 9.17) is 9.52 Å². The van der Waals surface area contributed by atoms with Gasteiger partial charge < -0.3 is 14.4 Å². The predicted molar refractivity (Wildman–Crippen MR) is 94.5 cm³/mol. The van der Waals surface area contributed by atoms with Crippen molar-refractivity contribution in [2.75, 3.05) is 7.05 Å². The summed E-state index contributed by atoms with van der Waals surface area (Å²) in [5, 5.41) is 13.2. The van der Waals surface area contributed by atoms with E-state index in [0.29, 0.717) is 11.5 Å². The van der Waals surface area contributed by atoms with E-state index in [1.54, 1.807) is 30.1 Å². The number of para-hydroxylation sites is 1. The van der Waals surface area contributed by atoms with E-state index in [-0.39, 0.29) is 6.54 Å². The molecule has 0 atom stereocenters. The predicted octanol–water partition coefficient (Wildman–Crippen LogP) is 2.73. The van der Waals surface area contributed by atoms with Crippen molar-refractivity contribution in [3.63, 3.8) is 0 Å². The van der Waals surface area contributed by atoms with Crippen LogP contribution in [0.1, 0.15) is 5.56 Å². The Morgan fingerprint density at radius 2 is 1.96 bits per heavy atom. The first-order valence-corrected chi connectivity index (χ1v) is 7.88. The van der Waals surface area contributed by atoms with Gasteiger partial charge >= 0.3 is 5.97 Å². The van der Waals surface area contributed by atoms with Gasteiger partial charge in [0.15, 0.2) is 5.76 Å². The molecule has 0 aliphatic rings. The van der Waals surface area contributed by atoms with E-state index < -0.39 is 11.9 Å². The molecule has 2 heterocycles. The minimum atomic E-state index is -1.17. The molecule has 0 spiro atoms. The number of likely N-dealkylation sites (N-methyl/N-ethyl adjacent to an activating group) is 1. The fraction of sp³-hybridized carbons (Fsp3) is 0.105. The molecule has 0 aliphatic heterocycles. The molecular weight excluding hydrogens is 334 g/mol. The molecule has 0 unspecified atom stereocenters. The van der Waals surface area contributed by atoms with Crippen LogP contribution in [0.3, 0.4) is 0 Å². The van der Waals surface area contributed by atoms with Gasteiger partial charge in [-0.15, -0.1) is 0 Å². The van der Waals surface area contributed by atoms with Crippen LogP contribution in [0, 0.1) is 0 Å². The van der Waals surface area contributed by atoms with Crippen molar-refractivity contribution in [2.24, 2.45) is 0 Å². The summed E-state index contributed by atoms with van der Waals surface area (Å²) in [5.74, 6) is -0.984. The lowest BCUT2D eigenvalue weighted by atomic mass is 10.2. The van der Waals surface area contributed by atoms with Crippen molar-refractivity contribution < 1.29 is 19.1 Å². The van der Waals surface area contributed by atoms with Gasteiger partial charge in [0.2, 0.25) is 5.91 Å². The van der Waals surface area contributed by atoms with Crippen molar-refractivity contribution in [3.05, 3.63) is 72.6 Å². The Morgan fingerprint density at radius 1 is 1.19 bits per heavy atom. The molecular formula is C19H17N3O4. The summed E-state index contributed by atoms with van der Waals surface area (Å²) in [6.45, 7) is 0.256. The van der Waals surface area contributed by atoms with E-state index in [2.05, 4.69) is 5.10 Å². The fourth-order valence-corrected chi connectivity index (χ4v) is 2.46. The zero-order valence-corrected chi connectivity index (χ0v) is 14.1. The van der Waals surface area contributed by atoms with Gasteiger partial charge in [0.05, 0.1) is 12.0 Å². The summed E-state index contributed by atoms with van der Waals surface area (Å²) in [6, 6.07) is 13.2. The number of aliphatic carboxylic acids is 1. The number of carboxylic acids is 1. The quantitative estimate of drug-likeness (QED) is 0.690. The number of hydrogen-bond donors (Lipinski definition) is 1. The zero-order valence-electron chi connectivity index (χ0n) is 14.1. The maximum Gasteiger partial charge on any atom is 0.328 e. The van der Waals surface area contributed by atoms with Crippen LogP contribution < -0.4 is 0 Å². The average molecular weight is 351 g/mol. The largest absolute Gasteiger partial charge is 0.478 e. The normalized spacial score (nSPS) is 11.0. The van der Waals surface area contributed by atoms with Crippen LogP contribution in [-0.4, -0.2) is 38.7 Å². The lowest BCUT2D eigenvalue weighted by molar-refractivity contribution is -0.132. The Morgan fingerprint density at radius 3 is 2.62 bits per heavy atom. The maximum atomic E-state index is 12.1. The number of nitrogens with zero attached hydrogens (tertiary/aromatic N) is 3. The molecule has 0 saturated carbocycles. The van der Waals surface area contributed by atoms with E-state index in [9.17, 15) is 9.59 Å². The molecule has 2 aromatic heterocycles. The van der Waals surface area contributed by atoms with Crippen LogP contribution >= 0.6 is 0 Å². The highest BCUT2D eigenvalue weighted by atomic mass is 16.4. The molecule has 1 N–H and O–H groups in total. The molecule has 1 aromatic carbocycles. The Bertz CT molecular complexity index is 927. The summed E-state index contributed by atoms with van der Waals surface area (Å²) in [4.78, 5) is 24.0. The Labute approximate surface area is 149 Å². The average Bonchev–Trinajstić information content (AvgIpc) is 3.29. The lowest BCUT2D eigenvalue weighted by Gasteiger charge is -2.14. The summed E-state index contributed by atoms with van der Waals surface area (Å²) < 4.78 is 7.18. The van der Waals surface area contributed by atoms with E-state index in [1.807, 2.05) is 36.5 Å². The minimum absolute atomic E-state index is 0.256. The number of carbonyl (C=O) groups is 2. The summed E-state index contributed by atoms with van der Waals surface area (Å²) in [7, 11) is 1.60. The number of carboxylic acid groups (broad SMARTS) is 1. The van der Waals surface area contributed by atoms with Gasteiger partial charge in [-0.05, 0) is 24.3 Å². The molecule has 3 aromatic rings. The standard InChI is InChI=1S/C19H17N3O4/c1-21(17(23)9-10-18(24)25)12-14-13-22(15-6-3-2-4-7-15)20-19(14)16-8-5-11-26-16/h2-11,13H,12H2,1H3,(H,24,25)/b10-9+. The highest BCUT2D eigenvalue weighted by Crippen LogP contribution is 2.25. The van der Waals surface area contributed by atoms with Crippen molar-refractivity contribution in [2.45, 2.75) is 6.54 Å². The molecule has 0 radical (unpaired) electrons. The van der Waals surface area contributed by atoms with Gasteiger partial charge in [0, 0.05) is 37.5 Å². The van der Waals surface area contributed by atoms with E-state index in [0.717, 1.165) is 23.4 Å². The monoisotopic (exact) mass is 351 g/mol. The Hall–Kier alpha value is -3.61. The van der Waals surface area contributed by atoms with Crippen molar-refractivity contribution in [1.82, 2.24) is 14.7 Å². The van der Waals surface area contributed by atoms with Crippen LogP contribution in [0.4, 0.5) is 0 Å². The van der Waals surface area contributed by atoms with Crippen molar-refractivity contribution in [1.29, 1.82) is 0 Å². The fourth-order valence-electron chi connectivity index (χ4n) is 2.46. The minimum Gasteiger partial charge on any atom is -0.478 e. The van der Waals surface area contributed by atoms with E-state index in [1.165, 1.54) is 4.90 Å². The second-order valence-electron chi connectivity index (χ2n) is 5.63. The number of carbonyl (C=O) groups excluding carboxylic acids is 1. The van der Waals surface area contributed by atoms with Crippen molar-refractivity contribution >= 4 is 11.9 Å². The van der Waals surface area contributed by atoms with Crippen LogP contribution in [0.2, 0.25) is 0 Å². The third kappa shape index (κ3) is 3.89. The van der Waals surface area contributed by atoms with Gasteiger partial charge in [-0.25, -0.2) is 9.48 Å². The second kappa shape index (κ2) is 7.52. The number of aromatic nitrogens is 2. The first kappa shape index (κ1) is 17.2. The SMILES string of the molecule is CN(Cc1cn(-c2ccccc2)nc1-c1ccco1)C(=O)/C=C/C(=O)O. The maximum absolute atomic E-state index is 12.1. The molecule has 0 bridgehead atoms. The summed E-state index contributed by atoms with van der Waals surface area (Å²) in [5.41, 5.74) is 2.29. The molecule has 1 amide bonds. The van der Waals surface area contributed by atoms with Gasteiger partial charge in [0.25, 0.3) is 0 Å². The van der Waals surface area contributed by atoms with Crippen LogP contribution in [0.5, 0.6) is 0 Å². The molecule has 7 heteroatoms. The molecule has 0 saturated heterocycles. The molecule has 132 valence electrons. The topological polar surface area (TPSA) is 88.6 Å². The van der Waals surface area contributed by atoms with Gasteiger partial charge in [-0.3, -0.25) is 4.79 Å². The third-order valence-electron chi connectivity index (χ3n) is 3.72. The molecule has 0 fully saturated rings. The first-order valence-electron chi connectivity index (χ1n) is 7.88. The summed E-state index contributed by atoms with van der Waals surface area (Å²) in [6.07, 6.45) is 5.24. The smallest absolute Gasteiger partial charge is 0.328 e. The van der Waals surface area contributed by atoms with Crippen molar-refractivity contribution in [3.8, 4) is 17.1 Å². The number of amides is 1. The molecule has 26 heavy (non-hydrogen) atoms. The first-order chi connectivity index (χ1) is 12.5. The van der Waals surface area contributed by atoms with Crippen LogP contribution in [0.15, 0.2) is 71.5 Å². The van der Waals surface area contributed by atoms with Gasteiger partial charge in [-0.2, -0.15) is 5.10 Å². The Kier molecular flexibility index (Phi) is 4.98. The summed E-state index contributed by atoms with van der Waals surface area (Å²) >= 11 is 0. The number of hydrogen-bond acceptors (Lipinski definition) is 4. The Balaban J connectivity index is 1.91. The zero-order chi connectivity index (χ0) is 18.5. The van der Waals surface area contributed by atoms with Gasteiger partial charge in [-0.1, -0.05) is 18.2 Å². The van der Waals surface area contributed by atoms with Gasteiger partial charge in [0.1, 0.15) is 5.69 Å². The third-order valence-corrected chi connectivity index (χ3v) is 3.72. The molecule has 3 rings (SSSR count). The van der Waals surface area contributed by atoms with Crippen LogP contribution in [-0.2, 0) is 16.1 Å². The lowest BCUT2D eigenvalue weighted by Crippen LogP contribution is -2.24. The van der Waals surface area contributed by atoms with E-state index >= 15 is 0 Å². The molecule has 7 nitrogen and oxygen atoms in total. The number of benzene rings is 1. The highest BCUT2D eigenvalue weighted by Gasteiger charge is 2.17. The van der Waals surface area contributed by atoms with Crippen LogP contribution in [0.25, 0.3) is 17.1 Å². The second-order valence-corrected chi connectivity index (χ2v) is 5.63. The number of furan rings is 1. The highest BCUT2D eigenvalue weighted by molar-refractivity contribution is 5.93.